The normalized spacial score (nSPS) is 19.4. The second-order valence-electron chi connectivity index (χ2n) is 4.74. The Kier molecular flexibility index (Phi) is 3.55. The van der Waals surface area contributed by atoms with Crippen LogP contribution in [-0.4, -0.2) is 18.7 Å². The van der Waals surface area contributed by atoms with Crippen molar-refractivity contribution < 1.29 is 4.74 Å². The summed E-state index contributed by atoms with van der Waals surface area (Å²) in [5, 5.41) is 3.36. The molecule has 1 N–H and O–H groups in total. The van der Waals surface area contributed by atoms with E-state index in [-0.39, 0.29) is 5.60 Å². The quantitative estimate of drug-likeness (QED) is 0.900. The second kappa shape index (κ2) is 4.76. The Hall–Kier alpha value is -0.540. The standard InChI is InChI=1S/C13H18BrNO/c1-10-3-4-11(14)12(9-10)16-13(2)5-7-15-8-6-13/h3-4,9,15H,5-8H2,1-2H3. The molecule has 0 radical (unpaired) electrons. The average molecular weight is 284 g/mol. The number of nitrogens with one attached hydrogen (secondary N) is 1. The van der Waals surface area contributed by atoms with Gasteiger partial charge in [-0.3, -0.25) is 0 Å². The van der Waals surface area contributed by atoms with E-state index in [4.69, 9.17) is 4.74 Å². The summed E-state index contributed by atoms with van der Waals surface area (Å²) in [5.41, 5.74) is 1.21. The Morgan fingerprint density at radius 3 is 2.69 bits per heavy atom. The Balaban J connectivity index is 2.15. The first-order valence-electron chi connectivity index (χ1n) is 5.75. The maximum atomic E-state index is 6.17. The zero-order chi connectivity index (χ0) is 11.6. The van der Waals surface area contributed by atoms with Gasteiger partial charge < -0.3 is 10.1 Å². The molecule has 3 heteroatoms. The molecule has 16 heavy (non-hydrogen) atoms. The third-order valence-corrected chi connectivity index (χ3v) is 3.76. The van der Waals surface area contributed by atoms with Crippen molar-refractivity contribution in [1.82, 2.24) is 5.32 Å². The van der Waals surface area contributed by atoms with Crippen LogP contribution >= 0.6 is 15.9 Å². The first-order valence-corrected chi connectivity index (χ1v) is 6.54. The number of piperidine rings is 1. The van der Waals surface area contributed by atoms with Gasteiger partial charge in [-0.25, -0.2) is 0 Å². The Morgan fingerprint density at radius 1 is 1.31 bits per heavy atom. The lowest BCUT2D eigenvalue weighted by Gasteiger charge is -2.35. The zero-order valence-corrected chi connectivity index (χ0v) is 11.4. The van der Waals surface area contributed by atoms with Gasteiger partial charge >= 0.3 is 0 Å². The molecule has 2 nitrogen and oxygen atoms in total. The topological polar surface area (TPSA) is 21.3 Å². The van der Waals surface area contributed by atoms with E-state index in [2.05, 4.69) is 53.3 Å². The smallest absolute Gasteiger partial charge is 0.134 e. The fourth-order valence-electron chi connectivity index (χ4n) is 2.01. The van der Waals surface area contributed by atoms with Gasteiger partial charge in [0.1, 0.15) is 11.4 Å². The molecule has 0 aromatic heterocycles. The summed E-state index contributed by atoms with van der Waals surface area (Å²) in [6.07, 6.45) is 2.13. The molecule has 0 spiro atoms. The lowest BCUT2D eigenvalue weighted by Crippen LogP contribution is -2.43. The number of aryl methyl sites for hydroxylation is 1. The first kappa shape index (κ1) is 11.9. The van der Waals surface area contributed by atoms with Crippen molar-refractivity contribution in [3.8, 4) is 5.75 Å². The van der Waals surface area contributed by atoms with Crippen molar-refractivity contribution in [2.45, 2.75) is 32.3 Å². The van der Waals surface area contributed by atoms with Gasteiger partial charge in [0.05, 0.1) is 4.47 Å². The summed E-state index contributed by atoms with van der Waals surface area (Å²) in [4.78, 5) is 0. The Morgan fingerprint density at radius 2 is 2.00 bits per heavy atom. The van der Waals surface area contributed by atoms with Gasteiger partial charge in [-0.05, 0) is 73.4 Å². The van der Waals surface area contributed by atoms with Crippen LogP contribution in [0.5, 0.6) is 5.75 Å². The van der Waals surface area contributed by atoms with Crippen molar-refractivity contribution in [3.63, 3.8) is 0 Å². The molecule has 0 unspecified atom stereocenters. The summed E-state index contributed by atoms with van der Waals surface area (Å²) in [6.45, 7) is 6.37. The van der Waals surface area contributed by atoms with Crippen LogP contribution in [0.3, 0.4) is 0 Å². The van der Waals surface area contributed by atoms with E-state index in [1.54, 1.807) is 0 Å². The van der Waals surface area contributed by atoms with Crippen molar-refractivity contribution in [2.75, 3.05) is 13.1 Å². The van der Waals surface area contributed by atoms with E-state index in [0.29, 0.717) is 0 Å². The Bertz CT molecular complexity index is 372. The maximum Gasteiger partial charge on any atom is 0.134 e. The van der Waals surface area contributed by atoms with Gasteiger partial charge in [-0.2, -0.15) is 0 Å². The molecule has 1 aromatic carbocycles. The highest BCUT2D eigenvalue weighted by atomic mass is 79.9. The van der Waals surface area contributed by atoms with Crippen LogP contribution < -0.4 is 10.1 Å². The van der Waals surface area contributed by atoms with Crippen LogP contribution in [0.2, 0.25) is 0 Å². The molecule has 0 atom stereocenters. The van der Waals surface area contributed by atoms with Crippen LogP contribution in [0, 0.1) is 6.92 Å². The van der Waals surface area contributed by atoms with E-state index in [1.807, 2.05) is 0 Å². The molecule has 1 aliphatic heterocycles. The fourth-order valence-corrected chi connectivity index (χ4v) is 2.34. The van der Waals surface area contributed by atoms with Crippen molar-refractivity contribution in [1.29, 1.82) is 0 Å². The molecule has 88 valence electrons. The summed E-state index contributed by atoms with van der Waals surface area (Å²) in [6, 6.07) is 6.23. The lowest BCUT2D eigenvalue weighted by molar-refractivity contribution is 0.0548. The lowest BCUT2D eigenvalue weighted by atomic mass is 9.94. The summed E-state index contributed by atoms with van der Waals surface area (Å²) >= 11 is 3.54. The SMILES string of the molecule is Cc1ccc(Br)c(OC2(C)CCNCC2)c1. The van der Waals surface area contributed by atoms with E-state index in [9.17, 15) is 0 Å². The highest BCUT2D eigenvalue weighted by Crippen LogP contribution is 2.32. The van der Waals surface area contributed by atoms with Crippen LogP contribution in [0.1, 0.15) is 25.3 Å². The predicted molar refractivity (Wildman–Crippen MR) is 70.0 cm³/mol. The zero-order valence-electron chi connectivity index (χ0n) is 9.85. The van der Waals surface area contributed by atoms with Crippen LogP contribution in [-0.2, 0) is 0 Å². The highest BCUT2D eigenvalue weighted by Gasteiger charge is 2.29. The number of hydrogen-bond donors (Lipinski definition) is 1. The molecule has 1 fully saturated rings. The first-order chi connectivity index (χ1) is 7.59. The predicted octanol–water partition coefficient (Wildman–Crippen LogP) is 3.28. The minimum atomic E-state index is -0.0262. The minimum Gasteiger partial charge on any atom is -0.486 e. The third kappa shape index (κ3) is 2.77. The van der Waals surface area contributed by atoms with Crippen LogP contribution in [0.4, 0.5) is 0 Å². The van der Waals surface area contributed by atoms with Crippen LogP contribution in [0.25, 0.3) is 0 Å². The summed E-state index contributed by atoms with van der Waals surface area (Å²) in [7, 11) is 0. The van der Waals surface area contributed by atoms with Gasteiger partial charge in [-0.1, -0.05) is 6.07 Å². The molecule has 1 heterocycles. The number of rotatable bonds is 2. The number of halogens is 1. The second-order valence-corrected chi connectivity index (χ2v) is 5.59. The molecule has 1 saturated heterocycles. The molecular formula is C13H18BrNO. The van der Waals surface area contributed by atoms with E-state index < -0.39 is 0 Å². The highest BCUT2D eigenvalue weighted by molar-refractivity contribution is 9.10. The van der Waals surface area contributed by atoms with Crippen molar-refractivity contribution in [2.24, 2.45) is 0 Å². The maximum absolute atomic E-state index is 6.17. The minimum absolute atomic E-state index is 0.0262. The van der Waals surface area contributed by atoms with Gasteiger partial charge in [0.15, 0.2) is 0 Å². The van der Waals surface area contributed by atoms with Gasteiger partial charge in [-0.15, -0.1) is 0 Å². The molecule has 0 saturated carbocycles. The van der Waals surface area contributed by atoms with Gasteiger partial charge in [0.25, 0.3) is 0 Å². The molecule has 2 rings (SSSR count). The van der Waals surface area contributed by atoms with Gasteiger partial charge in [0, 0.05) is 0 Å². The Labute approximate surface area is 106 Å². The molecule has 1 aromatic rings. The monoisotopic (exact) mass is 283 g/mol. The van der Waals surface area contributed by atoms with Crippen molar-refractivity contribution >= 4 is 15.9 Å². The van der Waals surface area contributed by atoms with E-state index in [1.165, 1.54) is 5.56 Å². The molecule has 0 aliphatic carbocycles. The fraction of sp³-hybridized carbons (Fsp3) is 0.538. The number of benzene rings is 1. The third-order valence-electron chi connectivity index (χ3n) is 3.10. The average Bonchev–Trinajstić information content (AvgIpc) is 2.24. The molecular weight excluding hydrogens is 266 g/mol. The number of hydrogen-bond acceptors (Lipinski definition) is 2. The molecule has 0 bridgehead atoms. The molecule has 1 aliphatic rings. The summed E-state index contributed by atoms with van der Waals surface area (Å²) < 4.78 is 7.21. The summed E-state index contributed by atoms with van der Waals surface area (Å²) in [5.74, 6) is 0.962. The van der Waals surface area contributed by atoms with E-state index >= 15 is 0 Å². The molecule has 0 amide bonds. The van der Waals surface area contributed by atoms with Crippen LogP contribution in [0.15, 0.2) is 22.7 Å². The van der Waals surface area contributed by atoms with Gasteiger partial charge in [0.2, 0.25) is 0 Å². The van der Waals surface area contributed by atoms with Crippen molar-refractivity contribution in [3.05, 3.63) is 28.2 Å². The number of ether oxygens (including phenoxy) is 1. The largest absolute Gasteiger partial charge is 0.486 e. The van der Waals surface area contributed by atoms with E-state index in [0.717, 1.165) is 36.2 Å².